The third-order valence-corrected chi connectivity index (χ3v) is 12.5. The summed E-state index contributed by atoms with van der Waals surface area (Å²) in [4.78, 5) is 15.5. The largest absolute Gasteiger partial charge is 0.208 e. The summed E-state index contributed by atoms with van der Waals surface area (Å²) >= 11 is 0. The highest BCUT2D eigenvalue weighted by atomic mass is 15.0. The van der Waals surface area contributed by atoms with E-state index in [9.17, 15) is 0 Å². The zero-order valence-electron chi connectivity index (χ0n) is 31.5. The second kappa shape index (κ2) is 12.2. The molecule has 7 aromatic rings. The van der Waals surface area contributed by atoms with Crippen molar-refractivity contribution in [1.82, 2.24) is 15.0 Å². The van der Waals surface area contributed by atoms with Crippen LogP contribution in [0.15, 0.2) is 140 Å². The van der Waals surface area contributed by atoms with Gasteiger partial charge in [-0.3, -0.25) is 0 Å². The Kier molecular flexibility index (Phi) is 7.64. The van der Waals surface area contributed by atoms with E-state index in [1.54, 1.807) is 0 Å². The van der Waals surface area contributed by atoms with Gasteiger partial charge < -0.3 is 0 Å². The predicted octanol–water partition coefficient (Wildman–Crippen LogP) is 12.6. The van der Waals surface area contributed by atoms with Crippen LogP contribution in [0.4, 0.5) is 0 Å². The van der Waals surface area contributed by atoms with E-state index in [1.165, 1.54) is 55.6 Å². The minimum Gasteiger partial charge on any atom is -0.208 e. The molecule has 0 atom stereocenters. The summed E-state index contributed by atoms with van der Waals surface area (Å²) in [6.07, 6.45) is 2.12. The summed E-state index contributed by atoms with van der Waals surface area (Å²) in [5.74, 6) is 2.02. The van der Waals surface area contributed by atoms with Crippen molar-refractivity contribution in [2.75, 3.05) is 0 Å². The first kappa shape index (κ1) is 33.2. The molecule has 53 heavy (non-hydrogen) atoms. The molecule has 9 rings (SSSR count). The quantitative estimate of drug-likeness (QED) is 0.167. The molecule has 0 amide bonds. The van der Waals surface area contributed by atoms with Gasteiger partial charge in [0, 0.05) is 16.7 Å². The Morgan fingerprint density at radius 3 is 1.40 bits per heavy atom. The third kappa shape index (κ3) is 4.97. The fourth-order valence-corrected chi connectivity index (χ4v) is 8.60. The maximum Gasteiger partial charge on any atom is 0.164 e. The maximum absolute atomic E-state index is 5.25. The van der Waals surface area contributed by atoms with Crippen LogP contribution >= 0.6 is 0 Å². The lowest BCUT2D eigenvalue weighted by Gasteiger charge is -2.33. The molecule has 0 N–H and O–H groups in total. The van der Waals surface area contributed by atoms with Crippen molar-refractivity contribution in [3.63, 3.8) is 0 Å². The standard InChI is InChI=1S/C50H45N3/c1-7-48(3,4)34-26-28-36-37-29-27-35(49(5,6)8-2)31-43(37)50(42(36)30-34)40-24-16-15-22-38(40)44-39(23-17-25-41(44)50)47-52-45(32-18-11-9-12-19-32)51-46(53-47)33-20-13-10-14-21-33/h9-31H,7-8H2,1-6H3. The Hall–Kier alpha value is -5.67. The lowest BCUT2D eigenvalue weighted by Crippen LogP contribution is -2.27. The molecule has 1 aromatic heterocycles. The number of nitrogens with zero attached hydrogens (tertiary/aromatic N) is 3. The molecule has 0 saturated carbocycles. The van der Waals surface area contributed by atoms with E-state index < -0.39 is 5.41 Å². The fraction of sp³-hybridized carbons (Fsp3) is 0.220. The lowest BCUT2D eigenvalue weighted by atomic mass is 9.68. The molecule has 260 valence electrons. The van der Waals surface area contributed by atoms with Crippen LogP contribution in [0.2, 0.25) is 0 Å². The number of rotatable bonds is 7. The molecule has 0 radical (unpaired) electrons. The van der Waals surface area contributed by atoms with Gasteiger partial charge in [-0.2, -0.15) is 0 Å². The Morgan fingerprint density at radius 1 is 0.415 bits per heavy atom. The molecular formula is C50H45N3. The van der Waals surface area contributed by atoms with Crippen LogP contribution in [0.25, 0.3) is 56.4 Å². The molecule has 0 fully saturated rings. The lowest BCUT2D eigenvalue weighted by molar-refractivity contribution is 0.504. The summed E-state index contributed by atoms with van der Waals surface area (Å²) in [5, 5.41) is 0. The van der Waals surface area contributed by atoms with Crippen LogP contribution in [-0.4, -0.2) is 15.0 Å². The summed E-state index contributed by atoms with van der Waals surface area (Å²) in [7, 11) is 0. The highest BCUT2D eigenvalue weighted by Crippen LogP contribution is 2.64. The highest BCUT2D eigenvalue weighted by molar-refractivity contribution is 5.99. The number of fused-ring (bicyclic) bond motifs is 10. The SMILES string of the molecule is CCC(C)(C)c1ccc2c(c1)C1(c3cc(C(C)(C)CC)ccc3-2)c2ccccc2-c2c(-c3nc(-c4ccccc4)nc(-c4ccccc4)n3)cccc21. The fourth-order valence-electron chi connectivity index (χ4n) is 8.60. The Morgan fingerprint density at radius 2 is 0.868 bits per heavy atom. The molecule has 2 aliphatic carbocycles. The molecule has 1 heterocycles. The van der Waals surface area contributed by atoms with Gasteiger partial charge in [-0.05, 0) is 79.3 Å². The van der Waals surface area contributed by atoms with E-state index in [0.717, 1.165) is 29.5 Å². The second-order valence-corrected chi connectivity index (χ2v) is 16.1. The highest BCUT2D eigenvalue weighted by Gasteiger charge is 2.53. The molecular weight excluding hydrogens is 643 g/mol. The average Bonchev–Trinajstić information content (AvgIpc) is 3.68. The van der Waals surface area contributed by atoms with Crippen LogP contribution in [0, 0.1) is 0 Å². The smallest absolute Gasteiger partial charge is 0.164 e. The van der Waals surface area contributed by atoms with Crippen molar-refractivity contribution in [3.8, 4) is 56.4 Å². The summed E-state index contributed by atoms with van der Waals surface area (Å²) in [5.41, 5.74) is 15.7. The van der Waals surface area contributed by atoms with Crippen LogP contribution in [0.1, 0.15) is 87.8 Å². The van der Waals surface area contributed by atoms with E-state index in [1.807, 2.05) is 36.4 Å². The Balaban J connectivity index is 1.38. The van der Waals surface area contributed by atoms with Crippen molar-refractivity contribution < 1.29 is 0 Å². The molecule has 1 spiro atoms. The van der Waals surface area contributed by atoms with Crippen LogP contribution in [0.3, 0.4) is 0 Å². The average molecular weight is 688 g/mol. The topological polar surface area (TPSA) is 38.7 Å². The molecule has 6 aromatic carbocycles. The van der Waals surface area contributed by atoms with Gasteiger partial charge in [0.1, 0.15) is 0 Å². The molecule has 2 aliphatic rings. The van der Waals surface area contributed by atoms with Crippen molar-refractivity contribution >= 4 is 0 Å². The molecule has 3 heteroatoms. The van der Waals surface area contributed by atoms with Gasteiger partial charge in [-0.1, -0.05) is 181 Å². The minimum atomic E-state index is -0.496. The zero-order chi connectivity index (χ0) is 36.5. The Labute approximate surface area is 313 Å². The Bertz CT molecular complexity index is 2400. The minimum absolute atomic E-state index is 0.0374. The first-order valence-electron chi connectivity index (χ1n) is 19.1. The van der Waals surface area contributed by atoms with Gasteiger partial charge in [0.25, 0.3) is 0 Å². The molecule has 0 unspecified atom stereocenters. The van der Waals surface area contributed by atoms with Crippen molar-refractivity contribution in [1.29, 1.82) is 0 Å². The van der Waals surface area contributed by atoms with E-state index in [-0.39, 0.29) is 10.8 Å². The van der Waals surface area contributed by atoms with Crippen LogP contribution in [-0.2, 0) is 16.2 Å². The van der Waals surface area contributed by atoms with Gasteiger partial charge in [0.15, 0.2) is 17.5 Å². The zero-order valence-corrected chi connectivity index (χ0v) is 31.5. The monoisotopic (exact) mass is 687 g/mol. The molecule has 3 nitrogen and oxygen atoms in total. The van der Waals surface area contributed by atoms with Crippen LogP contribution in [0.5, 0.6) is 0 Å². The molecule has 0 bridgehead atoms. The number of hydrogen-bond donors (Lipinski definition) is 0. The number of hydrogen-bond acceptors (Lipinski definition) is 3. The van der Waals surface area contributed by atoms with E-state index in [0.29, 0.717) is 17.5 Å². The van der Waals surface area contributed by atoms with Crippen LogP contribution < -0.4 is 0 Å². The van der Waals surface area contributed by atoms with Gasteiger partial charge in [0.05, 0.1) is 5.41 Å². The summed E-state index contributed by atoms with van der Waals surface area (Å²) in [6, 6.07) is 51.0. The number of aromatic nitrogens is 3. The number of benzene rings is 6. The third-order valence-electron chi connectivity index (χ3n) is 12.5. The van der Waals surface area contributed by atoms with Gasteiger partial charge in [0.2, 0.25) is 0 Å². The van der Waals surface area contributed by atoms with Gasteiger partial charge in [-0.25, -0.2) is 15.0 Å². The van der Waals surface area contributed by atoms with E-state index >= 15 is 0 Å². The second-order valence-electron chi connectivity index (χ2n) is 16.1. The first-order chi connectivity index (χ1) is 25.7. The predicted molar refractivity (Wildman–Crippen MR) is 219 cm³/mol. The normalized spacial score (nSPS) is 13.8. The maximum atomic E-state index is 5.25. The van der Waals surface area contributed by atoms with Crippen molar-refractivity contribution in [2.45, 2.75) is 70.6 Å². The first-order valence-corrected chi connectivity index (χ1v) is 19.1. The van der Waals surface area contributed by atoms with Gasteiger partial charge >= 0.3 is 0 Å². The van der Waals surface area contributed by atoms with Crippen molar-refractivity contribution in [2.24, 2.45) is 0 Å². The molecule has 0 aliphatic heterocycles. The molecule has 0 saturated heterocycles. The van der Waals surface area contributed by atoms with E-state index in [2.05, 4.69) is 145 Å². The van der Waals surface area contributed by atoms with Crippen molar-refractivity contribution in [3.05, 3.63) is 173 Å². The van der Waals surface area contributed by atoms with E-state index in [4.69, 9.17) is 15.0 Å². The van der Waals surface area contributed by atoms with Gasteiger partial charge in [-0.15, -0.1) is 0 Å². The summed E-state index contributed by atoms with van der Waals surface area (Å²) in [6.45, 7) is 14.1. The summed E-state index contributed by atoms with van der Waals surface area (Å²) < 4.78 is 0.